The van der Waals surface area contributed by atoms with Crippen LogP contribution in [0.15, 0.2) is 40.9 Å². The maximum Gasteiger partial charge on any atom is 0.262 e. The zero-order chi connectivity index (χ0) is 15.4. The Bertz CT molecular complexity index is 682. The maximum atomic E-state index is 13.1. The first kappa shape index (κ1) is 15.6. The molecule has 0 heterocycles. The molecule has 0 saturated carbocycles. The van der Waals surface area contributed by atoms with Gasteiger partial charge in [-0.2, -0.15) is 0 Å². The Hall–Kier alpha value is -1.79. The van der Waals surface area contributed by atoms with Gasteiger partial charge in [-0.25, -0.2) is 4.39 Å². The van der Waals surface area contributed by atoms with E-state index in [4.69, 9.17) is 22.1 Å². The van der Waals surface area contributed by atoms with E-state index in [0.29, 0.717) is 10.8 Å². The van der Waals surface area contributed by atoms with Crippen molar-refractivity contribution in [3.8, 4) is 5.75 Å². The lowest BCUT2D eigenvalue weighted by atomic mass is 10.2. The Morgan fingerprint density at radius 1 is 1.33 bits per heavy atom. The van der Waals surface area contributed by atoms with Crippen LogP contribution >= 0.6 is 27.5 Å². The summed E-state index contributed by atoms with van der Waals surface area (Å²) in [5.41, 5.74) is 6.11. The Balaban J connectivity index is 1.97. The average Bonchev–Trinajstić information content (AvgIpc) is 2.42. The first-order valence-electron chi connectivity index (χ1n) is 5.88. The summed E-state index contributed by atoms with van der Waals surface area (Å²) in [4.78, 5) is 11.8. The Labute approximate surface area is 134 Å². The fraction of sp³-hybridized carbons (Fsp3) is 0.0714. The van der Waals surface area contributed by atoms with Crippen molar-refractivity contribution >= 4 is 44.8 Å². The van der Waals surface area contributed by atoms with Gasteiger partial charge in [0.05, 0.1) is 16.4 Å². The lowest BCUT2D eigenvalue weighted by Crippen LogP contribution is -2.21. The molecule has 0 aliphatic carbocycles. The third-order valence-corrected chi connectivity index (χ3v) is 3.33. The van der Waals surface area contributed by atoms with E-state index >= 15 is 0 Å². The number of halogens is 3. The largest absolute Gasteiger partial charge is 0.482 e. The second-order valence-corrected chi connectivity index (χ2v) is 5.47. The van der Waals surface area contributed by atoms with Gasteiger partial charge in [0.15, 0.2) is 6.61 Å². The molecule has 3 N–H and O–H groups in total. The molecular formula is C14H11BrClFN2O2. The molecule has 1 amide bonds. The molecule has 2 aromatic rings. The van der Waals surface area contributed by atoms with Gasteiger partial charge < -0.3 is 15.8 Å². The van der Waals surface area contributed by atoms with Crippen LogP contribution in [-0.2, 0) is 4.79 Å². The van der Waals surface area contributed by atoms with Crippen molar-refractivity contribution in [1.82, 2.24) is 0 Å². The normalized spacial score (nSPS) is 10.2. The van der Waals surface area contributed by atoms with E-state index < -0.39 is 11.7 Å². The van der Waals surface area contributed by atoms with Crippen molar-refractivity contribution in [3.63, 3.8) is 0 Å². The van der Waals surface area contributed by atoms with Crippen LogP contribution in [0.25, 0.3) is 0 Å². The van der Waals surface area contributed by atoms with E-state index in [0.717, 1.165) is 10.5 Å². The highest BCUT2D eigenvalue weighted by Gasteiger charge is 2.09. The number of nitrogens with one attached hydrogen (secondary N) is 1. The van der Waals surface area contributed by atoms with Gasteiger partial charge in [-0.3, -0.25) is 4.79 Å². The number of nitrogen functional groups attached to an aromatic ring is 1. The zero-order valence-electron chi connectivity index (χ0n) is 10.7. The second kappa shape index (κ2) is 6.78. The number of ether oxygens (including phenoxy) is 1. The van der Waals surface area contributed by atoms with E-state index in [2.05, 4.69) is 21.2 Å². The van der Waals surface area contributed by atoms with E-state index in [-0.39, 0.29) is 18.0 Å². The van der Waals surface area contributed by atoms with Gasteiger partial charge in [-0.05, 0) is 36.4 Å². The monoisotopic (exact) mass is 372 g/mol. The SMILES string of the molecule is Nc1ccc(F)cc1NC(=O)COc1ccc(Br)cc1Cl. The van der Waals surface area contributed by atoms with Gasteiger partial charge in [-0.15, -0.1) is 0 Å². The van der Waals surface area contributed by atoms with Gasteiger partial charge in [0.25, 0.3) is 5.91 Å². The third kappa shape index (κ3) is 4.34. The van der Waals surface area contributed by atoms with E-state index in [1.54, 1.807) is 18.2 Å². The molecule has 4 nitrogen and oxygen atoms in total. The lowest BCUT2D eigenvalue weighted by Gasteiger charge is -2.10. The second-order valence-electron chi connectivity index (χ2n) is 4.14. The molecule has 21 heavy (non-hydrogen) atoms. The number of rotatable bonds is 4. The Morgan fingerprint density at radius 2 is 2.10 bits per heavy atom. The first-order chi connectivity index (χ1) is 9.95. The lowest BCUT2D eigenvalue weighted by molar-refractivity contribution is -0.118. The number of carbonyl (C=O) groups is 1. The molecule has 0 fully saturated rings. The van der Waals surface area contributed by atoms with E-state index in [1.165, 1.54) is 12.1 Å². The van der Waals surface area contributed by atoms with Crippen LogP contribution < -0.4 is 15.8 Å². The van der Waals surface area contributed by atoms with Crippen LogP contribution in [0.2, 0.25) is 5.02 Å². The highest BCUT2D eigenvalue weighted by atomic mass is 79.9. The maximum absolute atomic E-state index is 13.1. The van der Waals surface area contributed by atoms with E-state index in [1.807, 2.05) is 0 Å². The molecule has 0 aromatic heterocycles. The summed E-state index contributed by atoms with van der Waals surface area (Å²) in [5, 5.41) is 2.85. The van der Waals surface area contributed by atoms with Crippen molar-refractivity contribution in [3.05, 3.63) is 51.7 Å². The molecule has 0 bridgehead atoms. The predicted molar refractivity (Wildman–Crippen MR) is 84.1 cm³/mol. The van der Waals surface area contributed by atoms with Gasteiger partial charge >= 0.3 is 0 Å². The summed E-state index contributed by atoms with van der Waals surface area (Å²) in [7, 11) is 0. The van der Waals surface area contributed by atoms with Crippen molar-refractivity contribution in [2.75, 3.05) is 17.7 Å². The molecule has 0 radical (unpaired) electrons. The van der Waals surface area contributed by atoms with Crippen molar-refractivity contribution in [2.45, 2.75) is 0 Å². The summed E-state index contributed by atoms with van der Waals surface area (Å²) in [6.07, 6.45) is 0. The van der Waals surface area contributed by atoms with Crippen LogP contribution in [0.1, 0.15) is 0 Å². The number of benzene rings is 2. The van der Waals surface area contributed by atoms with Crippen LogP contribution in [0.4, 0.5) is 15.8 Å². The van der Waals surface area contributed by atoms with E-state index in [9.17, 15) is 9.18 Å². The molecule has 0 unspecified atom stereocenters. The summed E-state index contributed by atoms with van der Waals surface area (Å²) < 4.78 is 19.2. The molecule has 0 atom stereocenters. The topological polar surface area (TPSA) is 64.3 Å². The minimum absolute atomic E-state index is 0.200. The number of hydrogen-bond donors (Lipinski definition) is 2. The Morgan fingerprint density at radius 3 is 2.81 bits per heavy atom. The van der Waals surface area contributed by atoms with Gasteiger partial charge in [0.2, 0.25) is 0 Å². The highest BCUT2D eigenvalue weighted by Crippen LogP contribution is 2.27. The summed E-state index contributed by atoms with van der Waals surface area (Å²) in [5.74, 6) is -0.579. The molecule has 0 spiro atoms. The molecule has 0 saturated heterocycles. The molecule has 110 valence electrons. The fourth-order valence-electron chi connectivity index (χ4n) is 1.56. The smallest absolute Gasteiger partial charge is 0.262 e. The van der Waals surface area contributed by atoms with Crippen LogP contribution in [0.5, 0.6) is 5.75 Å². The van der Waals surface area contributed by atoms with Crippen LogP contribution in [-0.4, -0.2) is 12.5 Å². The number of amides is 1. The molecule has 0 aliphatic heterocycles. The first-order valence-corrected chi connectivity index (χ1v) is 7.05. The zero-order valence-corrected chi connectivity index (χ0v) is 13.0. The molecule has 2 rings (SSSR count). The Kier molecular flexibility index (Phi) is 5.03. The van der Waals surface area contributed by atoms with Gasteiger partial charge in [-0.1, -0.05) is 27.5 Å². The van der Waals surface area contributed by atoms with Gasteiger partial charge in [0, 0.05) is 4.47 Å². The number of nitrogens with two attached hydrogens (primary N) is 1. The molecule has 0 aliphatic rings. The average molecular weight is 374 g/mol. The number of carbonyl (C=O) groups excluding carboxylic acids is 1. The minimum Gasteiger partial charge on any atom is -0.482 e. The fourth-order valence-corrected chi connectivity index (χ4v) is 2.29. The quantitative estimate of drug-likeness (QED) is 0.800. The van der Waals surface area contributed by atoms with Crippen molar-refractivity contribution in [2.24, 2.45) is 0 Å². The molecular weight excluding hydrogens is 363 g/mol. The standard InChI is InChI=1S/C14H11BrClFN2O2/c15-8-1-4-13(10(16)5-8)21-7-14(20)19-12-6-9(17)2-3-11(12)18/h1-6H,7,18H2,(H,19,20). The van der Waals surface area contributed by atoms with Crippen LogP contribution in [0, 0.1) is 5.82 Å². The molecule has 2 aromatic carbocycles. The van der Waals surface area contributed by atoms with Crippen molar-refractivity contribution in [1.29, 1.82) is 0 Å². The third-order valence-electron chi connectivity index (χ3n) is 2.54. The van der Waals surface area contributed by atoms with Crippen molar-refractivity contribution < 1.29 is 13.9 Å². The number of anilines is 2. The summed E-state index contributed by atoms with van der Waals surface area (Å²) in [6, 6.07) is 8.75. The summed E-state index contributed by atoms with van der Waals surface area (Å²) >= 11 is 9.23. The number of hydrogen-bond acceptors (Lipinski definition) is 3. The predicted octanol–water partition coefficient (Wildman–Crippen LogP) is 3.84. The van der Waals surface area contributed by atoms with Gasteiger partial charge in [0.1, 0.15) is 11.6 Å². The molecule has 7 heteroatoms. The van der Waals surface area contributed by atoms with Crippen LogP contribution in [0.3, 0.4) is 0 Å². The highest BCUT2D eigenvalue weighted by molar-refractivity contribution is 9.10. The summed E-state index contributed by atoms with van der Waals surface area (Å²) in [6.45, 7) is -0.267. The minimum atomic E-state index is -0.489.